The lowest BCUT2D eigenvalue weighted by Crippen LogP contribution is -2.38. The van der Waals surface area contributed by atoms with Crippen LogP contribution < -0.4 is 10.2 Å². The second kappa shape index (κ2) is 6.07. The van der Waals surface area contributed by atoms with Gasteiger partial charge in [0.2, 0.25) is 0 Å². The summed E-state index contributed by atoms with van der Waals surface area (Å²) in [5.41, 5.74) is 0.0947. The molecule has 0 saturated carbocycles. The first kappa shape index (κ1) is 14.6. The minimum absolute atomic E-state index is 0.0947. The van der Waals surface area contributed by atoms with E-state index in [0.29, 0.717) is 30.0 Å². The van der Waals surface area contributed by atoms with E-state index in [-0.39, 0.29) is 10.6 Å². The van der Waals surface area contributed by atoms with Gasteiger partial charge in [-0.25, -0.2) is 4.98 Å². The van der Waals surface area contributed by atoms with Gasteiger partial charge in [0.1, 0.15) is 11.6 Å². The minimum atomic E-state index is -0.359. The Balaban J connectivity index is 2.28. The molecule has 0 bridgehead atoms. The van der Waals surface area contributed by atoms with Crippen molar-refractivity contribution in [1.29, 1.82) is 0 Å². The predicted octanol–water partition coefficient (Wildman–Crippen LogP) is 2.90. The third-order valence-electron chi connectivity index (χ3n) is 4.02. The maximum absolute atomic E-state index is 11.0. The van der Waals surface area contributed by atoms with Gasteiger partial charge in [0.25, 0.3) is 5.69 Å². The SMILES string of the molecule is CCNc1cc([N+](=O)[O-])cc(N2CCC(C)C(C)C2)n1. The molecule has 6 heteroatoms. The smallest absolute Gasteiger partial charge is 0.276 e. The fourth-order valence-corrected chi connectivity index (χ4v) is 2.51. The number of hydrogen-bond acceptors (Lipinski definition) is 5. The minimum Gasteiger partial charge on any atom is -0.370 e. The van der Waals surface area contributed by atoms with Crippen molar-refractivity contribution in [2.24, 2.45) is 11.8 Å². The largest absolute Gasteiger partial charge is 0.370 e. The van der Waals surface area contributed by atoms with Gasteiger partial charge in [-0.2, -0.15) is 0 Å². The molecule has 1 aromatic heterocycles. The van der Waals surface area contributed by atoms with Crippen LogP contribution in [0.5, 0.6) is 0 Å². The molecule has 0 radical (unpaired) electrons. The van der Waals surface area contributed by atoms with Crippen molar-refractivity contribution >= 4 is 17.3 Å². The van der Waals surface area contributed by atoms with Crippen molar-refractivity contribution < 1.29 is 4.92 Å². The Hall–Kier alpha value is -1.85. The van der Waals surface area contributed by atoms with Gasteiger partial charge in [-0.3, -0.25) is 10.1 Å². The Bertz CT molecular complexity index is 492. The maximum atomic E-state index is 11.0. The van der Waals surface area contributed by atoms with E-state index in [1.165, 1.54) is 6.07 Å². The molecule has 1 aliphatic rings. The van der Waals surface area contributed by atoms with Gasteiger partial charge < -0.3 is 10.2 Å². The first-order chi connectivity index (χ1) is 9.51. The topological polar surface area (TPSA) is 71.3 Å². The molecule has 1 N–H and O–H groups in total. The second-order valence-electron chi connectivity index (χ2n) is 5.55. The van der Waals surface area contributed by atoms with Crippen molar-refractivity contribution in [3.63, 3.8) is 0 Å². The zero-order chi connectivity index (χ0) is 14.7. The van der Waals surface area contributed by atoms with Crippen LogP contribution in [-0.4, -0.2) is 29.5 Å². The fourth-order valence-electron chi connectivity index (χ4n) is 2.51. The number of hydrogen-bond donors (Lipinski definition) is 1. The molecule has 110 valence electrons. The van der Waals surface area contributed by atoms with Gasteiger partial charge in [-0.05, 0) is 25.2 Å². The van der Waals surface area contributed by atoms with E-state index in [1.807, 2.05) is 6.92 Å². The molecule has 0 aliphatic carbocycles. The third kappa shape index (κ3) is 3.18. The summed E-state index contributed by atoms with van der Waals surface area (Å²) in [6.07, 6.45) is 1.10. The molecule has 1 aliphatic heterocycles. The van der Waals surface area contributed by atoms with Gasteiger partial charge in [0.05, 0.1) is 17.1 Å². The molecule has 6 nitrogen and oxygen atoms in total. The van der Waals surface area contributed by atoms with E-state index in [4.69, 9.17) is 0 Å². The fraction of sp³-hybridized carbons (Fsp3) is 0.643. The molecule has 2 heterocycles. The van der Waals surface area contributed by atoms with E-state index >= 15 is 0 Å². The van der Waals surface area contributed by atoms with Gasteiger partial charge in [-0.15, -0.1) is 0 Å². The van der Waals surface area contributed by atoms with Crippen molar-refractivity contribution in [3.8, 4) is 0 Å². The quantitative estimate of drug-likeness (QED) is 0.677. The molecule has 20 heavy (non-hydrogen) atoms. The highest BCUT2D eigenvalue weighted by Crippen LogP contribution is 2.29. The molecule has 0 aromatic carbocycles. The van der Waals surface area contributed by atoms with Crippen LogP contribution in [0, 0.1) is 22.0 Å². The molecule has 2 atom stereocenters. The maximum Gasteiger partial charge on any atom is 0.276 e. The summed E-state index contributed by atoms with van der Waals surface area (Å²) in [5, 5.41) is 14.1. The highest BCUT2D eigenvalue weighted by Gasteiger charge is 2.25. The highest BCUT2D eigenvalue weighted by molar-refractivity contribution is 5.56. The standard InChI is InChI=1S/C14H22N4O2/c1-4-15-13-7-12(18(19)20)8-14(16-13)17-6-5-10(2)11(3)9-17/h7-8,10-11H,4-6,9H2,1-3H3,(H,15,16). The summed E-state index contributed by atoms with van der Waals surface area (Å²) < 4.78 is 0. The van der Waals surface area contributed by atoms with Crippen LogP contribution in [0.15, 0.2) is 12.1 Å². The summed E-state index contributed by atoms with van der Waals surface area (Å²) in [4.78, 5) is 17.3. The Labute approximate surface area is 119 Å². The summed E-state index contributed by atoms with van der Waals surface area (Å²) in [7, 11) is 0. The number of pyridine rings is 1. The van der Waals surface area contributed by atoms with E-state index in [1.54, 1.807) is 6.07 Å². The van der Waals surface area contributed by atoms with Crippen molar-refractivity contribution in [1.82, 2.24) is 4.98 Å². The lowest BCUT2D eigenvalue weighted by atomic mass is 9.89. The average molecular weight is 278 g/mol. The number of aromatic nitrogens is 1. The van der Waals surface area contributed by atoms with Gasteiger partial charge >= 0.3 is 0 Å². The summed E-state index contributed by atoms with van der Waals surface area (Å²) in [5.74, 6) is 2.54. The second-order valence-corrected chi connectivity index (χ2v) is 5.55. The first-order valence-electron chi connectivity index (χ1n) is 7.16. The Morgan fingerprint density at radius 3 is 2.80 bits per heavy atom. The van der Waals surface area contributed by atoms with Crippen molar-refractivity contribution in [2.45, 2.75) is 27.2 Å². The normalized spacial score (nSPS) is 22.6. The van der Waals surface area contributed by atoms with E-state index in [9.17, 15) is 10.1 Å². The number of rotatable bonds is 4. The van der Waals surface area contributed by atoms with Crippen molar-refractivity contribution in [3.05, 3.63) is 22.2 Å². The van der Waals surface area contributed by atoms with Crippen LogP contribution >= 0.6 is 0 Å². The predicted molar refractivity (Wildman–Crippen MR) is 80.2 cm³/mol. The number of piperidine rings is 1. The summed E-state index contributed by atoms with van der Waals surface area (Å²) in [6.45, 7) is 8.93. The van der Waals surface area contributed by atoms with E-state index in [2.05, 4.69) is 29.0 Å². The van der Waals surface area contributed by atoms with Gasteiger partial charge in [0, 0.05) is 19.6 Å². The molecule has 0 spiro atoms. The number of nitrogens with zero attached hydrogens (tertiary/aromatic N) is 3. The summed E-state index contributed by atoms with van der Waals surface area (Å²) >= 11 is 0. The molecule has 2 rings (SSSR count). The molecular formula is C14H22N4O2. The summed E-state index contributed by atoms with van der Waals surface area (Å²) in [6, 6.07) is 3.06. The van der Waals surface area contributed by atoms with E-state index < -0.39 is 0 Å². The van der Waals surface area contributed by atoms with Crippen LogP contribution in [0.4, 0.5) is 17.3 Å². The monoisotopic (exact) mass is 278 g/mol. The lowest BCUT2D eigenvalue weighted by Gasteiger charge is -2.36. The molecule has 1 fully saturated rings. The van der Waals surface area contributed by atoms with Gasteiger partial charge in [0.15, 0.2) is 0 Å². The van der Waals surface area contributed by atoms with E-state index in [0.717, 1.165) is 19.5 Å². The zero-order valence-corrected chi connectivity index (χ0v) is 12.3. The average Bonchev–Trinajstić information content (AvgIpc) is 2.42. The molecule has 1 saturated heterocycles. The molecule has 2 unspecified atom stereocenters. The van der Waals surface area contributed by atoms with Crippen LogP contribution in [0.1, 0.15) is 27.2 Å². The zero-order valence-electron chi connectivity index (χ0n) is 12.3. The lowest BCUT2D eigenvalue weighted by molar-refractivity contribution is -0.384. The first-order valence-corrected chi connectivity index (χ1v) is 7.16. The van der Waals surface area contributed by atoms with Crippen LogP contribution in [0.25, 0.3) is 0 Å². The van der Waals surface area contributed by atoms with Crippen LogP contribution in [-0.2, 0) is 0 Å². The molecule has 0 amide bonds. The Morgan fingerprint density at radius 2 is 2.20 bits per heavy atom. The molecular weight excluding hydrogens is 256 g/mol. The third-order valence-corrected chi connectivity index (χ3v) is 4.02. The van der Waals surface area contributed by atoms with Crippen molar-refractivity contribution in [2.75, 3.05) is 29.9 Å². The number of anilines is 2. The van der Waals surface area contributed by atoms with Crippen LogP contribution in [0.2, 0.25) is 0 Å². The Morgan fingerprint density at radius 1 is 1.45 bits per heavy atom. The van der Waals surface area contributed by atoms with Gasteiger partial charge in [-0.1, -0.05) is 13.8 Å². The highest BCUT2D eigenvalue weighted by atomic mass is 16.6. The number of nitro groups is 1. The number of nitrogens with one attached hydrogen (secondary N) is 1. The molecule has 1 aromatic rings. The Kier molecular flexibility index (Phi) is 4.42. The van der Waals surface area contributed by atoms with Crippen LogP contribution in [0.3, 0.4) is 0 Å².